The fourth-order valence-electron chi connectivity index (χ4n) is 2.52. The lowest BCUT2D eigenvalue weighted by molar-refractivity contribution is -0.123. The number of rotatable bonds is 7. The van der Waals surface area contributed by atoms with Crippen molar-refractivity contribution >= 4 is 17.7 Å². The molecular weight excluding hydrogens is 306 g/mol. The molecule has 2 N–H and O–H groups in total. The van der Waals surface area contributed by atoms with E-state index in [0.29, 0.717) is 0 Å². The number of hydrogen-bond donors (Lipinski definition) is 2. The lowest BCUT2D eigenvalue weighted by atomic mass is 9.95. The molecule has 2 aromatic rings. The summed E-state index contributed by atoms with van der Waals surface area (Å²) >= 11 is 1.66. The van der Waals surface area contributed by atoms with Gasteiger partial charge in [-0.15, -0.1) is 11.8 Å². The van der Waals surface area contributed by atoms with Crippen LogP contribution in [-0.2, 0) is 4.79 Å². The molecule has 2 atom stereocenters. The van der Waals surface area contributed by atoms with Gasteiger partial charge >= 0.3 is 0 Å². The molecule has 0 aliphatic carbocycles. The third-order valence-corrected chi connectivity index (χ3v) is 4.64. The summed E-state index contributed by atoms with van der Waals surface area (Å²) in [6.07, 6.45) is 2.05. The Bertz CT molecular complexity index is 613. The minimum Gasteiger partial charge on any atom is -0.387 e. The highest BCUT2D eigenvalue weighted by Gasteiger charge is 2.19. The van der Waals surface area contributed by atoms with E-state index in [1.165, 1.54) is 0 Å². The number of benzene rings is 2. The van der Waals surface area contributed by atoms with Crippen LogP contribution in [0.2, 0.25) is 0 Å². The Morgan fingerprint density at radius 2 is 1.74 bits per heavy atom. The predicted octanol–water partition coefficient (Wildman–Crippen LogP) is 3.75. The Morgan fingerprint density at radius 1 is 1.09 bits per heavy atom. The van der Waals surface area contributed by atoms with E-state index in [9.17, 15) is 9.90 Å². The summed E-state index contributed by atoms with van der Waals surface area (Å²) in [5.74, 6) is -0.222. The van der Waals surface area contributed by atoms with Crippen LogP contribution in [0.3, 0.4) is 0 Å². The molecule has 2 aromatic carbocycles. The Labute approximate surface area is 142 Å². The third-order valence-electron chi connectivity index (χ3n) is 3.90. The van der Waals surface area contributed by atoms with E-state index < -0.39 is 6.10 Å². The van der Waals surface area contributed by atoms with Gasteiger partial charge in [-0.2, -0.15) is 0 Å². The van der Waals surface area contributed by atoms with Crippen LogP contribution in [0.4, 0.5) is 0 Å². The topological polar surface area (TPSA) is 49.3 Å². The molecule has 122 valence electrons. The molecule has 0 aliphatic rings. The number of nitrogens with one attached hydrogen (secondary N) is 1. The van der Waals surface area contributed by atoms with Gasteiger partial charge < -0.3 is 10.4 Å². The molecule has 0 aliphatic heterocycles. The lowest BCUT2D eigenvalue weighted by Crippen LogP contribution is -2.32. The molecule has 0 fully saturated rings. The normalized spacial score (nSPS) is 13.3. The molecule has 0 saturated carbocycles. The summed E-state index contributed by atoms with van der Waals surface area (Å²) in [6.45, 7) is 2.22. The van der Waals surface area contributed by atoms with Crippen molar-refractivity contribution in [3.05, 3.63) is 65.7 Å². The molecule has 0 aromatic heterocycles. The molecule has 0 heterocycles. The van der Waals surface area contributed by atoms with E-state index in [2.05, 4.69) is 5.32 Å². The maximum absolute atomic E-state index is 12.4. The summed E-state index contributed by atoms with van der Waals surface area (Å²) in [6, 6.07) is 17.5. The highest BCUT2D eigenvalue weighted by Crippen LogP contribution is 2.21. The van der Waals surface area contributed by atoms with E-state index in [1.807, 2.05) is 67.8 Å². The monoisotopic (exact) mass is 329 g/mol. The first-order valence-electron chi connectivity index (χ1n) is 7.80. The average molecular weight is 329 g/mol. The third kappa shape index (κ3) is 4.85. The first-order valence-corrected chi connectivity index (χ1v) is 9.02. The van der Waals surface area contributed by atoms with Crippen LogP contribution in [0.1, 0.15) is 36.5 Å². The van der Waals surface area contributed by atoms with Crippen LogP contribution < -0.4 is 5.32 Å². The van der Waals surface area contributed by atoms with Crippen LogP contribution in [-0.4, -0.2) is 23.8 Å². The van der Waals surface area contributed by atoms with Crippen LogP contribution in [0.15, 0.2) is 59.5 Å². The minimum absolute atomic E-state index is 0.0431. The van der Waals surface area contributed by atoms with Crippen molar-refractivity contribution in [1.29, 1.82) is 0 Å². The van der Waals surface area contributed by atoms with Crippen LogP contribution in [0.5, 0.6) is 0 Å². The maximum atomic E-state index is 12.4. The number of carbonyl (C=O) groups is 1. The number of thioether (sulfide) groups is 1. The van der Waals surface area contributed by atoms with Crippen molar-refractivity contribution in [3.63, 3.8) is 0 Å². The Kier molecular flexibility index (Phi) is 6.68. The van der Waals surface area contributed by atoms with E-state index in [4.69, 9.17) is 0 Å². The Hall–Kier alpha value is -1.78. The van der Waals surface area contributed by atoms with Crippen molar-refractivity contribution < 1.29 is 9.90 Å². The van der Waals surface area contributed by atoms with Gasteiger partial charge in [0.05, 0.1) is 12.0 Å². The predicted molar refractivity (Wildman–Crippen MR) is 95.7 cm³/mol. The zero-order valence-electron chi connectivity index (χ0n) is 13.5. The molecule has 0 saturated heterocycles. The molecular formula is C19H23NO2S. The first-order chi connectivity index (χ1) is 11.2. The van der Waals surface area contributed by atoms with Gasteiger partial charge in [-0.1, -0.05) is 49.4 Å². The maximum Gasteiger partial charge on any atom is 0.227 e. The second-order valence-corrected chi connectivity index (χ2v) is 6.29. The Balaban J connectivity index is 1.94. The van der Waals surface area contributed by atoms with Gasteiger partial charge in [-0.05, 0) is 35.9 Å². The van der Waals surface area contributed by atoms with Crippen molar-refractivity contribution in [2.45, 2.75) is 30.3 Å². The number of amides is 1. The van der Waals surface area contributed by atoms with Gasteiger partial charge in [0.2, 0.25) is 5.91 Å². The van der Waals surface area contributed by atoms with Gasteiger partial charge in [0.25, 0.3) is 0 Å². The standard InChI is InChI=1S/C19H23NO2S/c1-3-17(14-7-5-4-6-8-14)19(22)20-13-18(21)15-9-11-16(23-2)12-10-15/h4-12,17-18,21H,3,13H2,1-2H3,(H,20,22)/t17-,18-/m1/s1. The zero-order valence-corrected chi connectivity index (χ0v) is 14.3. The molecule has 2 rings (SSSR count). The molecule has 3 nitrogen and oxygen atoms in total. The fourth-order valence-corrected chi connectivity index (χ4v) is 2.93. The highest BCUT2D eigenvalue weighted by molar-refractivity contribution is 7.98. The van der Waals surface area contributed by atoms with Crippen LogP contribution in [0.25, 0.3) is 0 Å². The molecule has 4 heteroatoms. The minimum atomic E-state index is -0.692. The van der Waals surface area contributed by atoms with Crippen molar-refractivity contribution in [3.8, 4) is 0 Å². The molecule has 0 radical (unpaired) electrons. The smallest absolute Gasteiger partial charge is 0.227 e. The number of aliphatic hydroxyl groups excluding tert-OH is 1. The highest BCUT2D eigenvalue weighted by atomic mass is 32.2. The van der Waals surface area contributed by atoms with Gasteiger partial charge in [0.15, 0.2) is 0 Å². The van der Waals surface area contributed by atoms with Gasteiger partial charge in [0.1, 0.15) is 0 Å². The summed E-state index contributed by atoms with van der Waals surface area (Å²) in [4.78, 5) is 13.5. The molecule has 23 heavy (non-hydrogen) atoms. The quantitative estimate of drug-likeness (QED) is 0.761. The average Bonchev–Trinajstić information content (AvgIpc) is 2.61. The largest absolute Gasteiger partial charge is 0.387 e. The first kappa shape index (κ1) is 17.6. The molecule has 0 unspecified atom stereocenters. The summed E-state index contributed by atoms with van der Waals surface area (Å²) in [7, 11) is 0. The van der Waals surface area contributed by atoms with Gasteiger partial charge in [-0.3, -0.25) is 4.79 Å². The second-order valence-electron chi connectivity index (χ2n) is 5.41. The Morgan fingerprint density at radius 3 is 2.30 bits per heavy atom. The van der Waals surface area contributed by atoms with Crippen molar-refractivity contribution in [2.24, 2.45) is 0 Å². The fraction of sp³-hybridized carbons (Fsp3) is 0.316. The van der Waals surface area contributed by atoms with E-state index in [0.717, 1.165) is 22.4 Å². The van der Waals surface area contributed by atoms with E-state index in [-0.39, 0.29) is 18.4 Å². The SMILES string of the molecule is CC[C@@H](C(=O)NC[C@@H](O)c1ccc(SC)cc1)c1ccccc1. The summed E-state index contributed by atoms with van der Waals surface area (Å²) in [5.41, 5.74) is 1.82. The van der Waals surface area contributed by atoms with E-state index >= 15 is 0 Å². The van der Waals surface area contributed by atoms with Crippen LogP contribution in [0, 0.1) is 0 Å². The number of carbonyl (C=O) groups excluding carboxylic acids is 1. The molecule has 0 bridgehead atoms. The van der Waals surface area contributed by atoms with Crippen molar-refractivity contribution in [1.82, 2.24) is 5.32 Å². The lowest BCUT2D eigenvalue weighted by Gasteiger charge is -2.18. The number of hydrogen-bond acceptors (Lipinski definition) is 3. The van der Waals surface area contributed by atoms with Crippen molar-refractivity contribution in [2.75, 3.05) is 12.8 Å². The van der Waals surface area contributed by atoms with Gasteiger partial charge in [0, 0.05) is 11.4 Å². The summed E-state index contributed by atoms with van der Waals surface area (Å²) in [5, 5.41) is 13.1. The summed E-state index contributed by atoms with van der Waals surface area (Å²) < 4.78 is 0. The van der Waals surface area contributed by atoms with Crippen LogP contribution >= 0.6 is 11.8 Å². The second kappa shape index (κ2) is 8.75. The van der Waals surface area contributed by atoms with E-state index in [1.54, 1.807) is 11.8 Å². The molecule has 1 amide bonds. The number of aliphatic hydroxyl groups is 1. The molecule has 0 spiro atoms. The van der Waals surface area contributed by atoms with Gasteiger partial charge in [-0.25, -0.2) is 0 Å². The zero-order chi connectivity index (χ0) is 16.7.